The van der Waals surface area contributed by atoms with Crippen molar-refractivity contribution in [3.8, 4) is 0 Å². The van der Waals surface area contributed by atoms with Crippen molar-refractivity contribution in [2.45, 2.75) is 26.3 Å². The van der Waals surface area contributed by atoms with Crippen LogP contribution in [0.5, 0.6) is 0 Å². The van der Waals surface area contributed by atoms with Crippen molar-refractivity contribution in [1.29, 1.82) is 0 Å². The van der Waals surface area contributed by atoms with Crippen LogP contribution in [0.3, 0.4) is 0 Å². The third-order valence-corrected chi connectivity index (χ3v) is 3.18. The molecule has 0 aliphatic carbocycles. The lowest BCUT2D eigenvalue weighted by molar-refractivity contribution is -0.135. The first kappa shape index (κ1) is 11.7. The first-order chi connectivity index (χ1) is 7.92. The van der Waals surface area contributed by atoms with E-state index in [9.17, 15) is 4.79 Å². The molecule has 0 atom stereocenters. The Labute approximate surface area is 101 Å². The molecule has 0 amide bonds. The molecule has 0 radical (unpaired) electrons. The molecule has 0 aromatic heterocycles. The van der Waals surface area contributed by atoms with Gasteiger partial charge in [0.15, 0.2) is 0 Å². The van der Waals surface area contributed by atoms with Crippen molar-refractivity contribution in [3.05, 3.63) is 35.9 Å². The van der Waals surface area contributed by atoms with Crippen molar-refractivity contribution >= 4 is 17.2 Å². The Hall–Kier alpha value is -1.77. The van der Waals surface area contributed by atoms with Gasteiger partial charge >= 0.3 is 5.97 Å². The third kappa shape index (κ3) is 2.05. The molecular formula is C14H17NO2. The number of allylic oxidation sites excluding steroid dienone is 1. The van der Waals surface area contributed by atoms with Crippen LogP contribution in [0, 0.1) is 0 Å². The summed E-state index contributed by atoms with van der Waals surface area (Å²) < 4.78 is 0. The molecule has 0 fully saturated rings. The van der Waals surface area contributed by atoms with E-state index in [0.29, 0.717) is 0 Å². The van der Waals surface area contributed by atoms with E-state index in [1.54, 1.807) is 0 Å². The monoisotopic (exact) mass is 231 g/mol. The highest BCUT2D eigenvalue weighted by atomic mass is 16.4. The summed E-state index contributed by atoms with van der Waals surface area (Å²) in [5.41, 5.74) is 3.05. The summed E-state index contributed by atoms with van der Waals surface area (Å²) in [6.45, 7) is 6.16. The number of benzene rings is 1. The van der Waals surface area contributed by atoms with Crippen LogP contribution in [0.15, 0.2) is 30.3 Å². The topological polar surface area (TPSA) is 40.5 Å². The lowest BCUT2D eigenvalue weighted by Crippen LogP contribution is -2.47. The van der Waals surface area contributed by atoms with Gasteiger partial charge in [-0.25, -0.2) is 0 Å². The Morgan fingerprint density at radius 1 is 1.35 bits per heavy atom. The first-order valence-electron chi connectivity index (χ1n) is 5.70. The molecule has 0 saturated carbocycles. The number of fused-ring (bicyclic) bond motifs is 1. The van der Waals surface area contributed by atoms with Gasteiger partial charge in [0.1, 0.15) is 6.54 Å². The number of anilines is 1. The van der Waals surface area contributed by atoms with Crippen molar-refractivity contribution in [2.24, 2.45) is 0 Å². The number of aliphatic carboxylic acids is 1. The highest BCUT2D eigenvalue weighted by Gasteiger charge is 2.32. The Bertz CT molecular complexity index is 489. The fourth-order valence-electron chi connectivity index (χ4n) is 2.46. The standard InChI is InChI=1S/C14H17NO2/c1-10-8-14(2,3)15(9-13(16)17)12-7-5-4-6-11(10)12/h4-8H,9H2,1-3H3,(H,16,17). The number of nitrogens with zero attached hydrogens (tertiary/aromatic N) is 1. The maximum atomic E-state index is 11.0. The van der Waals surface area contributed by atoms with Crippen molar-refractivity contribution < 1.29 is 9.90 Å². The van der Waals surface area contributed by atoms with E-state index in [4.69, 9.17) is 5.11 Å². The third-order valence-electron chi connectivity index (χ3n) is 3.18. The second kappa shape index (κ2) is 3.91. The highest BCUT2D eigenvalue weighted by molar-refractivity contribution is 5.84. The van der Waals surface area contributed by atoms with Crippen LogP contribution in [-0.4, -0.2) is 23.2 Å². The summed E-state index contributed by atoms with van der Waals surface area (Å²) in [7, 11) is 0. The molecule has 1 aromatic carbocycles. The SMILES string of the molecule is CC1=CC(C)(C)N(CC(=O)O)c2ccccc21. The average molecular weight is 231 g/mol. The predicted molar refractivity (Wildman–Crippen MR) is 69.2 cm³/mol. The molecule has 3 nitrogen and oxygen atoms in total. The van der Waals surface area contributed by atoms with Crippen LogP contribution in [0.1, 0.15) is 26.3 Å². The Balaban J connectivity index is 2.54. The normalized spacial score (nSPS) is 17.4. The molecular weight excluding hydrogens is 214 g/mol. The number of carboxylic acid groups (broad SMARTS) is 1. The largest absolute Gasteiger partial charge is 0.480 e. The first-order valence-corrected chi connectivity index (χ1v) is 5.70. The van der Waals surface area contributed by atoms with Crippen molar-refractivity contribution in [1.82, 2.24) is 0 Å². The van der Waals surface area contributed by atoms with Crippen LogP contribution < -0.4 is 4.90 Å². The van der Waals surface area contributed by atoms with Crippen molar-refractivity contribution in [2.75, 3.05) is 11.4 Å². The summed E-state index contributed by atoms with van der Waals surface area (Å²) in [5.74, 6) is -0.805. The van der Waals surface area contributed by atoms with Crippen molar-refractivity contribution in [3.63, 3.8) is 0 Å². The molecule has 0 spiro atoms. The van der Waals surface area contributed by atoms with Gasteiger partial charge in [0, 0.05) is 11.3 Å². The summed E-state index contributed by atoms with van der Waals surface area (Å²) >= 11 is 0. The molecule has 0 bridgehead atoms. The summed E-state index contributed by atoms with van der Waals surface area (Å²) in [6, 6.07) is 7.94. The smallest absolute Gasteiger partial charge is 0.323 e. The predicted octanol–water partition coefficient (Wildman–Crippen LogP) is 2.77. The zero-order chi connectivity index (χ0) is 12.6. The number of hydrogen-bond acceptors (Lipinski definition) is 2. The molecule has 17 heavy (non-hydrogen) atoms. The molecule has 1 aliphatic heterocycles. The van der Waals surface area contributed by atoms with Gasteiger partial charge in [0.2, 0.25) is 0 Å². The van der Waals surface area contributed by atoms with Gasteiger partial charge in [-0.2, -0.15) is 0 Å². The van der Waals surface area contributed by atoms with E-state index in [2.05, 4.69) is 13.0 Å². The lowest BCUT2D eigenvalue weighted by Gasteiger charge is -2.42. The van der Waals surface area contributed by atoms with Gasteiger partial charge in [0.25, 0.3) is 0 Å². The summed E-state index contributed by atoms with van der Waals surface area (Å²) in [6.07, 6.45) is 2.12. The Morgan fingerprint density at radius 2 is 2.00 bits per heavy atom. The molecule has 0 unspecified atom stereocenters. The fourth-order valence-corrected chi connectivity index (χ4v) is 2.46. The quantitative estimate of drug-likeness (QED) is 0.850. The Morgan fingerprint density at radius 3 is 2.65 bits per heavy atom. The zero-order valence-corrected chi connectivity index (χ0v) is 10.4. The maximum absolute atomic E-state index is 11.0. The van der Waals surface area contributed by atoms with E-state index in [0.717, 1.165) is 11.3 Å². The molecule has 1 N–H and O–H groups in total. The number of carbonyl (C=O) groups is 1. The summed E-state index contributed by atoms with van der Waals surface area (Å²) in [5, 5.41) is 9.03. The van der Waals surface area contributed by atoms with Crippen LogP contribution >= 0.6 is 0 Å². The van der Waals surface area contributed by atoms with Gasteiger partial charge in [-0.15, -0.1) is 0 Å². The van der Waals surface area contributed by atoms with Crippen LogP contribution in [0.4, 0.5) is 5.69 Å². The van der Waals surface area contributed by atoms with Gasteiger partial charge in [-0.05, 0) is 32.4 Å². The highest BCUT2D eigenvalue weighted by Crippen LogP contribution is 2.38. The molecule has 1 heterocycles. The van der Waals surface area contributed by atoms with Gasteiger partial charge < -0.3 is 10.0 Å². The van der Waals surface area contributed by atoms with E-state index < -0.39 is 5.97 Å². The van der Waals surface area contributed by atoms with Gasteiger partial charge in [0.05, 0.1) is 5.54 Å². The molecule has 0 saturated heterocycles. The molecule has 3 heteroatoms. The fraction of sp³-hybridized carbons (Fsp3) is 0.357. The van der Waals surface area contributed by atoms with E-state index in [1.165, 1.54) is 5.57 Å². The number of rotatable bonds is 2. The second-order valence-electron chi connectivity index (χ2n) is 4.98. The molecule has 2 rings (SSSR count). The minimum atomic E-state index is -0.805. The van der Waals surface area contributed by atoms with E-state index in [-0.39, 0.29) is 12.1 Å². The number of hydrogen-bond donors (Lipinski definition) is 1. The van der Waals surface area contributed by atoms with Gasteiger partial charge in [-0.3, -0.25) is 4.79 Å². The van der Waals surface area contributed by atoms with E-state index in [1.807, 2.05) is 43.0 Å². The maximum Gasteiger partial charge on any atom is 0.323 e. The minimum Gasteiger partial charge on any atom is -0.480 e. The molecule has 1 aliphatic rings. The Kier molecular flexibility index (Phi) is 2.69. The average Bonchev–Trinajstić information content (AvgIpc) is 2.23. The minimum absolute atomic E-state index is 0.0216. The van der Waals surface area contributed by atoms with Gasteiger partial charge in [-0.1, -0.05) is 24.3 Å². The molecule has 90 valence electrons. The second-order valence-corrected chi connectivity index (χ2v) is 4.98. The van der Waals surface area contributed by atoms with Crippen LogP contribution in [0.2, 0.25) is 0 Å². The van der Waals surface area contributed by atoms with E-state index >= 15 is 0 Å². The number of para-hydroxylation sites is 1. The van der Waals surface area contributed by atoms with Crippen LogP contribution in [-0.2, 0) is 4.79 Å². The van der Waals surface area contributed by atoms with Crippen LogP contribution in [0.25, 0.3) is 5.57 Å². The number of carboxylic acids is 1. The lowest BCUT2D eigenvalue weighted by atomic mass is 9.89. The molecule has 1 aromatic rings. The summed E-state index contributed by atoms with van der Waals surface area (Å²) in [4.78, 5) is 12.9. The zero-order valence-electron chi connectivity index (χ0n) is 10.4.